The molecule has 2 heteroatoms. The van der Waals surface area contributed by atoms with Gasteiger partial charge in [-0.25, -0.2) is 0 Å². The van der Waals surface area contributed by atoms with E-state index < -0.39 is 0 Å². The molecule has 1 fully saturated rings. The van der Waals surface area contributed by atoms with Gasteiger partial charge in [0.15, 0.2) is 0 Å². The fourth-order valence-electron chi connectivity index (χ4n) is 2.22. The van der Waals surface area contributed by atoms with Crippen LogP contribution in [-0.2, 0) is 10.3 Å². The summed E-state index contributed by atoms with van der Waals surface area (Å²) < 4.78 is 6.12. The van der Waals surface area contributed by atoms with E-state index in [1.165, 1.54) is 31.2 Å². The maximum Gasteiger partial charge on any atom is 0.0999 e. The molecule has 0 aromatic heterocycles. The van der Waals surface area contributed by atoms with Crippen molar-refractivity contribution < 1.29 is 4.74 Å². The first-order valence-corrected chi connectivity index (χ1v) is 7.62. The first kappa shape index (κ1) is 13.1. The fraction of sp³-hybridized carbons (Fsp3) is 0.600. The summed E-state index contributed by atoms with van der Waals surface area (Å²) in [5.41, 5.74) is 1.07. The van der Waals surface area contributed by atoms with Gasteiger partial charge in [-0.05, 0) is 24.8 Å². The predicted molar refractivity (Wildman–Crippen MR) is 75.5 cm³/mol. The average Bonchev–Trinajstić information content (AvgIpc) is 2.33. The van der Waals surface area contributed by atoms with Crippen LogP contribution in [0.4, 0.5) is 0 Å². The van der Waals surface area contributed by atoms with Crippen molar-refractivity contribution in [1.29, 1.82) is 0 Å². The molecule has 1 aliphatic carbocycles. The van der Waals surface area contributed by atoms with Gasteiger partial charge in [-0.1, -0.05) is 65.5 Å². The molecule has 0 heterocycles. The van der Waals surface area contributed by atoms with Crippen molar-refractivity contribution in [3.8, 4) is 0 Å². The van der Waals surface area contributed by atoms with Gasteiger partial charge < -0.3 is 4.74 Å². The SMILES string of the molecule is CC(CBr)(OCCC1CCC1)c1ccccc1. The minimum Gasteiger partial charge on any atom is -0.370 e. The first-order chi connectivity index (χ1) is 8.24. The number of hydrogen-bond donors (Lipinski definition) is 0. The molecule has 0 N–H and O–H groups in total. The van der Waals surface area contributed by atoms with Gasteiger partial charge in [0.05, 0.1) is 5.60 Å². The van der Waals surface area contributed by atoms with E-state index in [2.05, 4.69) is 47.1 Å². The quantitative estimate of drug-likeness (QED) is 0.702. The monoisotopic (exact) mass is 296 g/mol. The van der Waals surface area contributed by atoms with Gasteiger partial charge in [0.2, 0.25) is 0 Å². The van der Waals surface area contributed by atoms with Crippen molar-refractivity contribution in [1.82, 2.24) is 0 Å². The fourth-order valence-corrected chi connectivity index (χ4v) is 2.71. The third kappa shape index (κ3) is 3.32. The van der Waals surface area contributed by atoms with Crippen molar-refractivity contribution >= 4 is 15.9 Å². The zero-order valence-corrected chi connectivity index (χ0v) is 12.1. The second-order valence-corrected chi connectivity index (χ2v) is 5.73. The van der Waals surface area contributed by atoms with Crippen LogP contribution in [0.1, 0.15) is 38.2 Å². The smallest absolute Gasteiger partial charge is 0.0999 e. The Labute approximate surface area is 113 Å². The van der Waals surface area contributed by atoms with E-state index in [9.17, 15) is 0 Å². The maximum absolute atomic E-state index is 6.12. The molecule has 0 saturated heterocycles. The summed E-state index contributed by atoms with van der Waals surface area (Å²) in [6, 6.07) is 10.5. The van der Waals surface area contributed by atoms with Gasteiger partial charge in [-0.3, -0.25) is 0 Å². The lowest BCUT2D eigenvalue weighted by molar-refractivity contribution is -0.0265. The Balaban J connectivity index is 1.89. The average molecular weight is 297 g/mol. The Hall–Kier alpha value is -0.340. The molecule has 1 saturated carbocycles. The molecule has 0 radical (unpaired) electrons. The van der Waals surface area contributed by atoms with E-state index >= 15 is 0 Å². The van der Waals surface area contributed by atoms with Crippen LogP contribution in [0, 0.1) is 5.92 Å². The maximum atomic E-state index is 6.12. The highest BCUT2D eigenvalue weighted by atomic mass is 79.9. The zero-order chi connectivity index (χ0) is 12.1. The molecule has 17 heavy (non-hydrogen) atoms. The molecule has 0 bridgehead atoms. The molecule has 1 nitrogen and oxygen atoms in total. The summed E-state index contributed by atoms with van der Waals surface area (Å²) in [6.07, 6.45) is 5.44. The van der Waals surface area contributed by atoms with Crippen molar-refractivity contribution in [2.75, 3.05) is 11.9 Å². The Morgan fingerprint density at radius 3 is 2.53 bits per heavy atom. The number of ether oxygens (including phenoxy) is 1. The van der Waals surface area contributed by atoms with Gasteiger partial charge >= 0.3 is 0 Å². The molecule has 1 aromatic rings. The summed E-state index contributed by atoms with van der Waals surface area (Å²) in [6.45, 7) is 3.04. The van der Waals surface area contributed by atoms with Gasteiger partial charge in [0, 0.05) is 11.9 Å². The van der Waals surface area contributed by atoms with Crippen LogP contribution >= 0.6 is 15.9 Å². The molecule has 2 rings (SSSR count). The van der Waals surface area contributed by atoms with E-state index in [0.29, 0.717) is 0 Å². The van der Waals surface area contributed by atoms with Crippen molar-refractivity contribution in [2.24, 2.45) is 5.92 Å². The van der Waals surface area contributed by atoms with E-state index in [4.69, 9.17) is 4.74 Å². The van der Waals surface area contributed by atoms with Crippen LogP contribution in [-0.4, -0.2) is 11.9 Å². The second kappa shape index (κ2) is 6.01. The van der Waals surface area contributed by atoms with E-state index in [-0.39, 0.29) is 5.60 Å². The van der Waals surface area contributed by atoms with Crippen LogP contribution < -0.4 is 0 Å². The molecule has 1 aliphatic rings. The molecule has 1 aromatic carbocycles. The summed E-state index contributed by atoms with van der Waals surface area (Å²) >= 11 is 3.58. The van der Waals surface area contributed by atoms with E-state index in [1.54, 1.807) is 0 Å². The van der Waals surface area contributed by atoms with Gasteiger partial charge in [-0.2, -0.15) is 0 Å². The number of halogens is 1. The normalized spacial score (nSPS) is 19.6. The molecule has 1 unspecified atom stereocenters. The lowest BCUT2D eigenvalue weighted by Gasteiger charge is -2.31. The highest BCUT2D eigenvalue weighted by molar-refractivity contribution is 9.09. The Morgan fingerprint density at radius 2 is 2.00 bits per heavy atom. The molecule has 0 aliphatic heterocycles. The number of rotatable bonds is 6. The highest BCUT2D eigenvalue weighted by Gasteiger charge is 2.27. The van der Waals surface area contributed by atoms with Crippen LogP contribution in [0.15, 0.2) is 30.3 Å². The van der Waals surface area contributed by atoms with E-state index in [1.807, 2.05) is 6.07 Å². The van der Waals surface area contributed by atoms with E-state index in [0.717, 1.165) is 17.9 Å². The van der Waals surface area contributed by atoms with Crippen molar-refractivity contribution in [3.05, 3.63) is 35.9 Å². The lowest BCUT2D eigenvalue weighted by atomic mass is 9.83. The minimum atomic E-state index is -0.189. The largest absolute Gasteiger partial charge is 0.370 e. The third-order valence-corrected chi connectivity index (χ3v) is 4.88. The topological polar surface area (TPSA) is 9.23 Å². The standard InChI is InChI=1S/C15H21BrO/c1-15(12-16,14-8-3-2-4-9-14)17-11-10-13-6-5-7-13/h2-4,8-9,13H,5-7,10-12H2,1H3. The summed E-state index contributed by atoms with van der Waals surface area (Å²) in [4.78, 5) is 0. The van der Waals surface area contributed by atoms with Gasteiger partial charge in [0.25, 0.3) is 0 Å². The molecule has 1 atom stereocenters. The van der Waals surface area contributed by atoms with Crippen molar-refractivity contribution in [2.45, 2.75) is 38.2 Å². The number of alkyl halides is 1. The molecular weight excluding hydrogens is 276 g/mol. The minimum absolute atomic E-state index is 0.189. The molecule has 0 amide bonds. The Kier molecular flexibility index (Phi) is 4.63. The third-order valence-electron chi connectivity index (χ3n) is 3.81. The van der Waals surface area contributed by atoms with Crippen LogP contribution in [0.3, 0.4) is 0 Å². The van der Waals surface area contributed by atoms with Crippen LogP contribution in [0.25, 0.3) is 0 Å². The number of hydrogen-bond acceptors (Lipinski definition) is 1. The van der Waals surface area contributed by atoms with Gasteiger partial charge in [0.1, 0.15) is 0 Å². The summed E-state index contributed by atoms with van der Waals surface area (Å²) in [5.74, 6) is 0.922. The molecule has 0 spiro atoms. The Bertz CT molecular complexity index is 334. The summed E-state index contributed by atoms with van der Waals surface area (Å²) in [5, 5.41) is 0.842. The lowest BCUT2D eigenvalue weighted by Crippen LogP contribution is -2.29. The first-order valence-electron chi connectivity index (χ1n) is 6.50. The van der Waals surface area contributed by atoms with Gasteiger partial charge in [-0.15, -0.1) is 0 Å². The molecular formula is C15H21BrO. The predicted octanol–water partition coefficient (Wildman–Crippen LogP) is 4.50. The van der Waals surface area contributed by atoms with Crippen LogP contribution in [0.5, 0.6) is 0 Å². The number of benzene rings is 1. The summed E-state index contributed by atoms with van der Waals surface area (Å²) in [7, 11) is 0. The zero-order valence-electron chi connectivity index (χ0n) is 10.5. The van der Waals surface area contributed by atoms with Crippen LogP contribution in [0.2, 0.25) is 0 Å². The second-order valence-electron chi connectivity index (χ2n) is 5.16. The van der Waals surface area contributed by atoms with Crippen molar-refractivity contribution in [3.63, 3.8) is 0 Å². The Morgan fingerprint density at radius 1 is 1.29 bits per heavy atom. The molecule has 94 valence electrons. The highest BCUT2D eigenvalue weighted by Crippen LogP contribution is 2.32.